The van der Waals surface area contributed by atoms with E-state index in [1.807, 2.05) is 34.6 Å². The molecule has 0 radical (unpaired) electrons. The van der Waals surface area contributed by atoms with Gasteiger partial charge in [-0.15, -0.1) is 0 Å². The number of anilines is 1. The Hall–Kier alpha value is -3.11. The van der Waals surface area contributed by atoms with E-state index in [0.29, 0.717) is 41.8 Å². The van der Waals surface area contributed by atoms with Crippen molar-refractivity contribution in [3.63, 3.8) is 0 Å². The van der Waals surface area contributed by atoms with Gasteiger partial charge in [0.25, 0.3) is 0 Å². The lowest BCUT2D eigenvalue weighted by atomic mass is 10.1. The van der Waals surface area contributed by atoms with E-state index in [4.69, 9.17) is 4.74 Å². The fourth-order valence-corrected chi connectivity index (χ4v) is 5.55. The summed E-state index contributed by atoms with van der Waals surface area (Å²) < 4.78 is 22.6. The second-order valence-electron chi connectivity index (χ2n) is 8.07. The number of piperazine rings is 1. The molecule has 1 atom stereocenters. The molecule has 10 heteroatoms. The van der Waals surface area contributed by atoms with Crippen LogP contribution in [0.5, 0.6) is 5.88 Å². The highest BCUT2D eigenvalue weighted by Crippen LogP contribution is 2.46. The number of rotatable bonds is 6. The number of carbonyl (C=O) groups is 1. The molecule has 0 amide bonds. The number of aromatic carboxylic acids is 1. The second kappa shape index (κ2) is 8.68. The van der Waals surface area contributed by atoms with Gasteiger partial charge in [-0.3, -0.25) is 9.69 Å². The Bertz CT molecular complexity index is 1280. The molecular formula is C23H23FN4O4S. The van der Waals surface area contributed by atoms with E-state index < -0.39 is 17.2 Å². The number of fused-ring (bicyclic) bond motifs is 3. The third-order valence-corrected chi connectivity index (χ3v) is 7.27. The summed E-state index contributed by atoms with van der Waals surface area (Å²) in [5.41, 5.74) is 0.104. The van der Waals surface area contributed by atoms with Crippen LogP contribution in [0.3, 0.4) is 0 Å². The molecule has 33 heavy (non-hydrogen) atoms. The first-order chi connectivity index (χ1) is 15.9. The van der Waals surface area contributed by atoms with E-state index in [1.54, 1.807) is 12.3 Å². The van der Waals surface area contributed by atoms with Crippen LogP contribution in [0, 0.1) is 5.82 Å². The average molecular weight is 471 g/mol. The minimum atomic E-state index is -1.28. The fraction of sp³-hybridized carbons (Fsp3) is 0.348. The van der Waals surface area contributed by atoms with Gasteiger partial charge in [0.2, 0.25) is 11.3 Å². The lowest BCUT2D eigenvalue weighted by molar-refractivity contribution is 0.0689. The predicted octanol–water partition coefficient (Wildman–Crippen LogP) is 3.06. The maximum atomic E-state index is 15.1. The highest BCUT2D eigenvalue weighted by molar-refractivity contribution is 8.00. The van der Waals surface area contributed by atoms with Gasteiger partial charge in [-0.1, -0.05) is 17.8 Å². The number of hydrogen-bond donors (Lipinski definition) is 1. The zero-order valence-electron chi connectivity index (χ0n) is 18.0. The Morgan fingerprint density at radius 3 is 2.73 bits per heavy atom. The molecule has 0 spiro atoms. The van der Waals surface area contributed by atoms with Crippen molar-refractivity contribution >= 4 is 34.3 Å². The summed E-state index contributed by atoms with van der Waals surface area (Å²) >= 11 is 1.34. The zero-order chi connectivity index (χ0) is 23.1. The van der Waals surface area contributed by atoms with Gasteiger partial charge in [0, 0.05) is 50.4 Å². The summed E-state index contributed by atoms with van der Waals surface area (Å²) in [5, 5.41) is 10.0. The monoisotopic (exact) mass is 470 g/mol. The Labute approximate surface area is 193 Å². The van der Waals surface area contributed by atoms with Crippen LogP contribution in [0.25, 0.3) is 10.9 Å². The highest BCUT2D eigenvalue weighted by Gasteiger charge is 2.33. The Kier molecular flexibility index (Phi) is 5.71. The molecule has 8 nitrogen and oxygen atoms in total. The minimum Gasteiger partial charge on any atom is -0.477 e. The molecule has 1 unspecified atom stereocenters. The molecule has 5 rings (SSSR count). The van der Waals surface area contributed by atoms with Crippen LogP contribution in [-0.2, 0) is 0 Å². The average Bonchev–Trinajstić information content (AvgIpc) is 2.80. The van der Waals surface area contributed by atoms with E-state index in [1.165, 1.54) is 17.8 Å². The van der Waals surface area contributed by atoms with Crippen LogP contribution < -0.4 is 15.1 Å². The molecule has 1 saturated heterocycles. The highest BCUT2D eigenvalue weighted by atomic mass is 32.2. The van der Waals surface area contributed by atoms with Crippen LogP contribution in [0.1, 0.15) is 22.7 Å². The number of halogens is 1. The molecule has 2 aliphatic heterocycles. The molecule has 0 aliphatic carbocycles. The third-order valence-electron chi connectivity index (χ3n) is 6.10. The van der Waals surface area contributed by atoms with Gasteiger partial charge in [-0.2, -0.15) is 0 Å². The molecule has 2 aromatic heterocycles. The van der Waals surface area contributed by atoms with Gasteiger partial charge >= 0.3 is 5.97 Å². The van der Waals surface area contributed by atoms with Crippen LogP contribution in [0.15, 0.2) is 46.3 Å². The van der Waals surface area contributed by atoms with E-state index in [9.17, 15) is 14.7 Å². The summed E-state index contributed by atoms with van der Waals surface area (Å²) in [6, 6.07) is 8.42. The summed E-state index contributed by atoms with van der Waals surface area (Å²) in [6.07, 6.45) is 1.69. The van der Waals surface area contributed by atoms with Gasteiger partial charge in [0.05, 0.1) is 21.6 Å². The maximum absolute atomic E-state index is 15.1. The third kappa shape index (κ3) is 3.93. The van der Waals surface area contributed by atoms with Gasteiger partial charge in [-0.05, 0) is 25.1 Å². The van der Waals surface area contributed by atoms with Crippen LogP contribution in [-0.4, -0.2) is 64.9 Å². The Morgan fingerprint density at radius 2 is 2.06 bits per heavy atom. The molecule has 1 fully saturated rings. The van der Waals surface area contributed by atoms with Crippen molar-refractivity contribution in [2.45, 2.75) is 17.3 Å². The van der Waals surface area contributed by atoms with Gasteiger partial charge < -0.3 is 19.3 Å². The standard InChI is InChI=1S/C23H23FN4O4S/c1-14-28-17-13-18(16(24)12-15(17)21(29)20(23(30)31)22(28)33-14)27-8-6-26(7-9-27)10-11-32-19-4-2-3-5-25-19/h2-5,12-14H,6-11H2,1H3,(H,30,31). The second-order valence-corrected chi connectivity index (χ2v) is 9.37. The quantitative estimate of drug-likeness (QED) is 0.588. The number of ether oxygens (including phenoxy) is 1. The lowest BCUT2D eigenvalue weighted by Gasteiger charge is -2.37. The van der Waals surface area contributed by atoms with E-state index >= 15 is 4.39 Å². The summed E-state index contributed by atoms with van der Waals surface area (Å²) in [4.78, 5) is 32.8. The molecule has 0 saturated carbocycles. The van der Waals surface area contributed by atoms with Gasteiger partial charge in [0.1, 0.15) is 18.0 Å². The molecule has 2 aliphatic rings. The summed E-state index contributed by atoms with van der Waals surface area (Å²) in [7, 11) is 0. The molecule has 1 aromatic carbocycles. The first kappa shape index (κ1) is 21.7. The van der Waals surface area contributed by atoms with Crippen molar-refractivity contribution in [2.24, 2.45) is 0 Å². The van der Waals surface area contributed by atoms with Crippen molar-refractivity contribution in [2.75, 3.05) is 44.2 Å². The number of carboxylic acids is 1. The maximum Gasteiger partial charge on any atom is 0.342 e. The van der Waals surface area contributed by atoms with E-state index in [0.717, 1.165) is 19.6 Å². The molecule has 3 aromatic rings. The topological polar surface area (TPSA) is 87.9 Å². The summed E-state index contributed by atoms with van der Waals surface area (Å²) in [6.45, 7) is 6.00. The minimum absolute atomic E-state index is 0.0181. The van der Waals surface area contributed by atoms with Crippen molar-refractivity contribution in [1.82, 2.24) is 14.5 Å². The van der Waals surface area contributed by atoms with E-state index in [2.05, 4.69) is 9.88 Å². The molecule has 0 bridgehead atoms. The Balaban J connectivity index is 1.33. The van der Waals surface area contributed by atoms with Gasteiger partial charge in [-0.25, -0.2) is 14.2 Å². The normalized spacial score (nSPS) is 18.1. The smallest absolute Gasteiger partial charge is 0.342 e. The molecule has 1 N–H and O–H groups in total. The number of thioether (sulfide) groups is 1. The van der Waals surface area contributed by atoms with Crippen LogP contribution in [0.4, 0.5) is 10.1 Å². The van der Waals surface area contributed by atoms with Crippen molar-refractivity contribution in [3.05, 3.63) is 58.1 Å². The lowest BCUT2D eigenvalue weighted by Crippen LogP contribution is -2.47. The number of benzene rings is 1. The zero-order valence-corrected chi connectivity index (χ0v) is 18.8. The molecule has 4 heterocycles. The predicted molar refractivity (Wildman–Crippen MR) is 124 cm³/mol. The first-order valence-electron chi connectivity index (χ1n) is 10.8. The van der Waals surface area contributed by atoms with Gasteiger partial charge in [0.15, 0.2) is 0 Å². The number of carboxylic acid groups (broad SMARTS) is 1. The Morgan fingerprint density at radius 1 is 1.27 bits per heavy atom. The first-order valence-corrected chi connectivity index (χ1v) is 11.6. The van der Waals surface area contributed by atoms with Crippen molar-refractivity contribution < 1.29 is 19.0 Å². The van der Waals surface area contributed by atoms with Crippen molar-refractivity contribution in [1.29, 1.82) is 0 Å². The largest absolute Gasteiger partial charge is 0.477 e. The number of hydrogen-bond acceptors (Lipinski definition) is 7. The number of nitrogens with zero attached hydrogens (tertiary/aromatic N) is 4. The molecular weight excluding hydrogens is 447 g/mol. The summed E-state index contributed by atoms with van der Waals surface area (Å²) in [5.74, 6) is -1.19. The van der Waals surface area contributed by atoms with E-state index in [-0.39, 0.29) is 16.3 Å². The molecule has 172 valence electrons. The number of pyridine rings is 2. The van der Waals surface area contributed by atoms with Crippen LogP contribution in [0.2, 0.25) is 0 Å². The fourth-order valence-electron chi connectivity index (χ4n) is 4.39. The van der Waals surface area contributed by atoms with Crippen LogP contribution >= 0.6 is 11.8 Å². The van der Waals surface area contributed by atoms with Crippen molar-refractivity contribution in [3.8, 4) is 5.88 Å². The number of aromatic nitrogens is 2. The SMILES string of the molecule is CC1Sc2c(C(=O)O)c(=O)c3cc(F)c(N4CCN(CCOc5ccccn5)CC4)cc3n21.